The van der Waals surface area contributed by atoms with Gasteiger partial charge in [-0.15, -0.1) is 0 Å². The van der Waals surface area contributed by atoms with Gasteiger partial charge in [-0.25, -0.2) is 4.68 Å². The van der Waals surface area contributed by atoms with E-state index in [2.05, 4.69) is 47.5 Å². The summed E-state index contributed by atoms with van der Waals surface area (Å²) >= 11 is 0. The highest BCUT2D eigenvalue weighted by Crippen LogP contribution is 2.21. The summed E-state index contributed by atoms with van der Waals surface area (Å²) in [7, 11) is 0. The lowest BCUT2D eigenvalue weighted by molar-refractivity contribution is 0.158. The molecule has 0 saturated carbocycles. The van der Waals surface area contributed by atoms with E-state index in [9.17, 15) is 0 Å². The molecule has 0 bridgehead atoms. The van der Waals surface area contributed by atoms with Gasteiger partial charge in [0.2, 0.25) is 0 Å². The number of aromatic nitrogens is 2. The van der Waals surface area contributed by atoms with Crippen LogP contribution in [0.15, 0.2) is 42.7 Å². The smallest absolute Gasteiger partial charge is 0.0645 e. The first-order valence-corrected chi connectivity index (χ1v) is 7.31. The van der Waals surface area contributed by atoms with E-state index < -0.39 is 0 Å². The van der Waals surface area contributed by atoms with Gasteiger partial charge in [0, 0.05) is 43.5 Å². The van der Waals surface area contributed by atoms with Crippen LogP contribution in [0.4, 0.5) is 0 Å². The third kappa shape index (κ3) is 2.76. The molecule has 0 amide bonds. The second-order valence-corrected chi connectivity index (χ2v) is 5.58. The van der Waals surface area contributed by atoms with E-state index in [1.54, 1.807) is 0 Å². The summed E-state index contributed by atoms with van der Waals surface area (Å²) in [5.41, 5.74) is 2.39. The van der Waals surface area contributed by atoms with Gasteiger partial charge in [0.15, 0.2) is 0 Å². The molecule has 20 heavy (non-hydrogen) atoms. The second-order valence-electron chi connectivity index (χ2n) is 5.58. The predicted octanol–water partition coefficient (Wildman–Crippen LogP) is 2.23. The molecule has 106 valence electrons. The van der Waals surface area contributed by atoms with Crippen molar-refractivity contribution in [1.82, 2.24) is 20.0 Å². The number of nitrogens with one attached hydrogen (secondary N) is 1. The molecular formula is C16H22N4. The third-order valence-corrected chi connectivity index (χ3v) is 4.05. The molecule has 3 rings (SSSR count). The maximum atomic E-state index is 4.50. The highest BCUT2D eigenvalue weighted by Gasteiger charge is 2.22. The number of rotatable bonds is 3. The fourth-order valence-corrected chi connectivity index (χ4v) is 2.80. The largest absolute Gasteiger partial charge is 0.312 e. The van der Waals surface area contributed by atoms with Gasteiger partial charge >= 0.3 is 0 Å². The van der Waals surface area contributed by atoms with Crippen LogP contribution >= 0.6 is 0 Å². The van der Waals surface area contributed by atoms with Crippen LogP contribution in [0.3, 0.4) is 0 Å². The summed E-state index contributed by atoms with van der Waals surface area (Å²) in [5, 5.41) is 7.98. The number of benzene rings is 1. The quantitative estimate of drug-likeness (QED) is 0.928. The Labute approximate surface area is 120 Å². The highest BCUT2D eigenvalue weighted by atomic mass is 15.3. The van der Waals surface area contributed by atoms with Crippen molar-refractivity contribution < 1.29 is 0 Å². The van der Waals surface area contributed by atoms with Crippen molar-refractivity contribution in [3.8, 4) is 5.69 Å². The molecule has 2 aromatic rings. The Morgan fingerprint density at radius 1 is 1.30 bits per heavy atom. The molecule has 1 aromatic heterocycles. The van der Waals surface area contributed by atoms with Gasteiger partial charge in [0.05, 0.1) is 11.9 Å². The van der Waals surface area contributed by atoms with E-state index in [4.69, 9.17) is 0 Å². The molecule has 0 spiro atoms. The summed E-state index contributed by atoms with van der Waals surface area (Å²) in [6, 6.07) is 11.2. The first-order chi connectivity index (χ1) is 9.74. The molecule has 1 saturated heterocycles. The van der Waals surface area contributed by atoms with Gasteiger partial charge in [-0.1, -0.05) is 18.2 Å². The zero-order chi connectivity index (χ0) is 13.9. The highest BCUT2D eigenvalue weighted by molar-refractivity contribution is 5.31. The fourth-order valence-electron chi connectivity index (χ4n) is 2.80. The van der Waals surface area contributed by atoms with Crippen molar-refractivity contribution in [1.29, 1.82) is 0 Å². The van der Waals surface area contributed by atoms with Crippen LogP contribution in [-0.2, 0) is 0 Å². The molecule has 1 aliphatic rings. The second kappa shape index (κ2) is 5.77. The van der Waals surface area contributed by atoms with Crippen molar-refractivity contribution in [2.75, 3.05) is 19.6 Å². The summed E-state index contributed by atoms with van der Waals surface area (Å²) in [6.45, 7) is 7.77. The predicted molar refractivity (Wildman–Crippen MR) is 81.0 cm³/mol. The number of hydrogen-bond acceptors (Lipinski definition) is 3. The van der Waals surface area contributed by atoms with Gasteiger partial charge in [0.1, 0.15) is 0 Å². The van der Waals surface area contributed by atoms with Crippen LogP contribution < -0.4 is 5.32 Å². The lowest BCUT2D eigenvalue weighted by Gasteiger charge is -2.35. The van der Waals surface area contributed by atoms with Crippen molar-refractivity contribution in [2.24, 2.45) is 0 Å². The van der Waals surface area contributed by atoms with Crippen LogP contribution in [-0.4, -0.2) is 40.4 Å². The normalized spacial score (nSPS) is 21.8. The average molecular weight is 270 g/mol. The number of piperazine rings is 1. The maximum absolute atomic E-state index is 4.50. The van der Waals surface area contributed by atoms with Crippen LogP contribution in [0.5, 0.6) is 0 Å². The van der Waals surface area contributed by atoms with Gasteiger partial charge in [-0.05, 0) is 26.0 Å². The lowest BCUT2D eigenvalue weighted by Crippen LogP contribution is -2.49. The average Bonchev–Trinajstić information content (AvgIpc) is 2.97. The zero-order valence-electron chi connectivity index (χ0n) is 12.2. The van der Waals surface area contributed by atoms with E-state index in [1.165, 1.54) is 5.56 Å². The Kier molecular flexibility index (Phi) is 3.85. The molecule has 1 fully saturated rings. The summed E-state index contributed by atoms with van der Waals surface area (Å²) in [4.78, 5) is 2.52. The standard InChI is InChI=1S/C16H22N4/c1-13-11-19(9-8-17-13)14(2)15-10-18-20(12-15)16-6-4-3-5-7-16/h3-7,10,12-14,17H,8-9,11H2,1-2H3. The van der Waals surface area contributed by atoms with Crippen molar-refractivity contribution in [2.45, 2.75) is 25.9 Å². The van der Waals surface area contributed by atoms with Crippen molar-refractivity contribution >= 4 is 0 Å². The van der Waals surface area contributed by atoms with Crippen LogP contribution in [0, 0.1) is 0 Å². The molecule has 1 aromatic carbocycles. The number of nitrogens with zero attached hydrogens (tertiary/aromatic N) is 3. The van der Waals surface area contributed by atoms with Gasteiger partial charge < -0.3 is 5.32 Å². The molecule has 2 atom stereocenters. The Hall–Kier alpha value is -1.65. The topological polar surface area (TPSA) is 33.1 Å². The Balaban J connectivity index is 1.76. The number of para-hydroxylation sites is 1. The first-order valence-electron chi connectivity index (χ1n) is 7.31. The molecule has 2 unspecified atom stereocenters. The first kappa shape index (κ1) is 13.3. The van der Waals surface area contributed by atoms with E-state index in [0.717, 1.165) is 25.3 Å². The number of hydrogen-bond donors (Lipinski definition) is 1. The SMILES string of the molecule is CC1CN(C(C)c2cnn(-c3ccccc3)c2)CCN1. The van der Waals surface area contributed by atoms with Crippen molar-refractivity contribution in [3.63, 3.8) is 0 Å². The minimum atomic E-state index is 0.414. The Morgan fingerprint density at radius 2 is 2.10 bits per heavy atom. The molecule has 0 aliphatic carbocycles. The zero-order valence-corrected chi connectivity index (χ0v) is 12.2. The summed E-state index contributed by atoms with van der Waals surface area (Å²) < 4.78 is 1.96. The molecule has 2 heterocycles. The Bertz CT molecular complexity index is 549. The monoisotopic (exact) mass is 270 g/mol. The van der Waals surface area contributed by atoms with E-state index in [-0.39, 0.29) is 0 Å². The van der Waals surface area contributed by atoms with E-state index >= 15 is 0 Å². The van der Waals surface area contributed by atoms with Gasteiger partial charge in [-0.2, -0.15) is 5.10 Å². The van der Waals surface area contributed by atoms with Gasteiger partial charge in [-0.3, -0.25) is 4.90 Å². The third-order valence-electron chi connectivity index (χ3n) is 4.05. The molecule has 4 heteroatoms. The van der Waals surface area contributed by atoms with E-state index in [0.29, 0.717) is 12.1 Å². The minimum absolute atomic E-state index is 0.414. The fraction of sp³-hybridized carbons (Fsp3) is 0.438. The Morgan fingerprint density at radius 3 is 2.85 bits per heavy atom. The summed E-state index contributed by atoms with van der Waals surface area (Å²) in [6.07, 6.45) is 4.14. The van der Waals surface area contributed by atoms with Crippen LogP contribution in [0.25, 0.3) is 5.69 Å². The van der Waals surface area contributed by atoms with Crippen LogP contribution in [0.2, 0.25) is 0 Å². The lowest BCUT2D eigenvalue weighted by atomic mass is 10.1. The van der Waals surface area contributed by atoms with Crippen molar-refractivity contribution in [3.05, 3.63) is 48.3 Å². The molecule has 1 N–H and O–H groups in total. The molecular weight excluding hydrogens is 248 g/mol. The molecule has 1 aliphatic heterocycles. The molecule has 0 radical (unpaired) electrons. The molecule has 4 nitrogen and oxygen atoms in total. The summed E-state index contributed by atoms with van der Waals surface area (Å²) in [5.74, 6) is 0. The van der Waals surface area contributed by atoms with E-state index in [1.807, 2.05) is 29.1 Å². The minimum Gasteiger partial charge on any atom is -0.312 e. The van der Waals surface area contributed by atoms with Gasteiger partial charge in [0.25, 0.3) is 0 Å². The maximum Gasteiger partial charge on any atom is 0.0645 e. The van der Waals surface area contributed by atoms with Crippen LogP contribution in [0.1, 0.15) is 25.5 Å².